The summed E-state index contributed by atoms with van der Waals surface area (Å²) in [6.07, 6.45) is 2.58. The summed E-state index contributed by atoms with van der Waals surface area (Å²) in [6.45, 7) is 4.19. The van der Waals surface area contributed by atoms with Crippen LogP contribution in [-0.2, 0) is 11.3 Å². The molecule has 2 rings (SSSR count). The molecule has 0 bridgehead atoms. The van der Waals surface area contributed by atoms with Crippen LogP contribution in [0.3, 0.4) is 0 Å². The number of likely N-dealkylation sites (N-methyl/N-ethyl adjacent to an activating group) is 2. The van der Waals surface area contributed by atoms with Crippen molar-refractivity contribution in [1.29, 1.82) is 0 Å². The van der Waals surface area contributed by atoms with Gasteiger partial charge in [-0.15, -0.1) is 0 Å². The predicted octanol–water partition coefficient (Wildman–Crippen LogP) is 1.51. The van der Waals surface area contributed by atoms with Gasteiger partial charge in [0.05, 0.1) is 6.54 Å². The van der Waals surface area contributed by atoms with Crippen molar-refractivity contribution in [3.63, 3.8) is 0 Å². The van der Waals surface area contributed by atoms with Gasteiger partial charge in [0.15, 0.2) is 0 Å². The van der Waals surface area contributed by atoms with E-state index in [0.717, 1.165) is 18.8 Å². The zero-order valence-electron chi connectivity index (χ0n) is 11.8. The monoisotopic (exact) mass is 261 g/mol. The Bertz CT molecular complexity index is 429. The van der Waals surface area contributed by atoms with Crippen molar-refractivity contribution >= 4 is 11.6 Å². The van der Waals surface area contributed by atoms with Crippen molar-refractivity contribution in [1.82, 2.24) is 10.6 Å². The molecular weight excluding hydrogens is 238 g/mol. The minimum atomic E-state index is 0.0480. The molecule has 0 heterocycles. The molecule has 1 fully saturated rings. The Kier molecular flexibility index (Phi) is 4.80. The van der Waals surface area contributed by atoms with Crippen molar-refractivity contribution in [2.45, 2.75) is 32.4 Å². The summed E-state index contributed by atoms with van der Waals surface area (Å²) >= 11 is 0. The molecule has 1 aromatic carbocycles. The normalized spacial score (nSPS) is 14.2. The number of anilines is 1. The van der Waals surface area contributed by atoms with Gasteiger partial charge >= 0.3 is 0 Å². The van der Waals surface area contributed by atoms with Crippen molar-refractivity contribution in [2.75, 3.05) is 25.0 Å². The van der Waals surface area contributed by atoms with Gasteiger partial charge in [-0.05, 0) is 31.4 Å². The molecule has 19 heavy (non-hydrogen) atoms. The topological polar surface area (TPSA) is 44.4 Å². The first-order valence-corrected chi connectivity index (χ1v) is 7.01. The Morgan fingerprint density at radius 1 is 1.37 bits per heavy atom. The third-order valence-electron chi connectivity index (χ3n) is 3.49. The molecule has 104 valence electrons. The lowest BCUT2D eigenvalue weighted by molar-refractivity contribution is -0.119. The molecule has 0 saturated heterocycles. The molecule has 0 unspecified atom stereocenters. The SMILES string of the molecule is CCN(CC(=O)NC)c1ccccc1CNC1CC1. The van der Waals surface area contributed by atoms with E-state index < -0.39 is 0 Å². The van der Waals surface area contributed by atoms with Crippen LogP contribution in [0.1, 0.15) is 25.3 Å². The van der Waals surface area contributed by atoms with E-state index in [1.165, 1.54) is 18.4 Å². The maximum Gasteiger partial charge on any atom is 0.239 e. The second kappa shape index (κ2) is 6.57. The summed E-state index contributed by atoms with van der Waals surface area (Å²) in [6, 6.07) is 9.01. The van der Waals surface area contributed by atoms with Crippen LogP contribution in [0.25, 0.3) is 0 Å². The average molecular weight is 261 g/mol. The van der Waals surface area contributed by atoms with Gasteiger partial charge in [0.2, 0.25) is 5.91 Å². The Hall–Kier alpha value is -1.55. The Morgan fingerprint density at radius 3 is 2.74 bits per heavy atom. The molecule has 0 spiro atoms. The molecule has 1 amide bonds. The molecule has 0 radical (unpaired) electrons. The molecule has 1 saturated carbocycles. The number of rotatable bonds is 7. The van der Waals surface area contributed by atoms with Crippen molar-refractivity contribution in [3.05, 3.63) is 29.8 Å². The molecule has 4 nitrogen and oxygen atoms in total. The van der Waals surface area contributed by atoms with Gasteiger partial charge in [-0.3, -0.25) is 4.79 Å². The fourth-order valence-corrected chi connectivity index (χ4v) is 2.13. The van der Waals surface area contributed by atoms with E-state index in [0.29, 0.717) is 12.6 Å². The second-order valence-electron chi connectivity index (χ2n) is 4.97. The highest BCUT2D eigenvalue weighted by molar-refractivity contribution is 5.81. The summed E-state index contributed by atoms with van der Waals surface area (Å²) in [5.41, 5.74) is 2.42. The van der Waals surface area contributed by atoms with Crippen LogP contribution >= 0.6 is 0 Å². The first-order valence-electron chi connectivity index (χ1n) is 7.01. The van der Waals surface area contributed by atoms with Crippen LogP contribution < -0.4 is 15.5 Å². The first kappa shape index (κ1) is 13.9. The van der Waals surface area contributed by atoms with Crippen LogP contribution in [0.2, 0.25) is 0 Å². The lowest BCUT2D eigenvalue weighted by Crippen LogP contribution is -2.36. The number of benzene rings is 1. The average Bonchev–Trinajstić information content (AvgIpc) is 3.27. The second-order valence-corrected chi connectivity index (χ2v) is 4.97. The van der Waals surface area contributed by atoms with Crippen molar-refractivity contribution < 1.29 is 4.79 Å². The van der Waals surface area contributed by atoms with Gasteiger partial charge < -0.3 is 15.5 Å². The Balaban J connectivity index is 2.08. The van der Waals surface area contributed by atoms with E-state index in [9.17, 15) is 4.79 Å². The van der Waals surface area contributed by atoms with Crippen LogP contribution in [0, 0.1) is 0 Å². The maximum atomic E-state index is 11.6. The molecule has 1 aromatic rings. The van der Waals surface area contributed by atoms with E-state index in [4.69, 9.17) is 0 Å². The standard InChI is InChI=1S/C15H23N3O/c1-3-18(11-15(19)16-2)14-7-5-4-6-12(14)10-17-13-8-9-13/h4-7,13,17H,3,8-11H2,1-2H3,(H,16,19). The molecule has 4 heteroatoms. The van der Waals surface area contributed by atoms with Crippen molar-refractivity contribution in [3.8, 4) is 0 Å². The predicted molar refractivity (Wildman–Crippen MR) is 78.3 cm³/mol. The largest absolute Gasteiger partial charge is 0.362 e. The molecule has 1 aliphatic carbocycles. The third-order valence-corrected chi connectivity index (χ3v) is 3.49. The minimum Gasteiger partial charge on any atom is -0.362 e. The smallest absolute Gasteiger partial charge is 0.239 e. The molecular formula is C15H23N3O. The molecule has 0 aromatic heterocycles. The number of nitrogens with one attached hydrogen (secondary N) is 2. The molecule has 0 aliphatic heterocycles. The maximum absolute atomic E-state index is 11.6. The highest BCUT2D eigenvalue weighted by Gasteiger charge is 2.21. The number of carbonyl (C=O) groups excluding carboxylic acids is 1. The van der Waals surface area contributed by atoms with Crippen LogP contribution in [-0.4, -0.2) is 32.1 Å². The van der Waals surface area contributed by atoms with Crippen LogP contribution in [0.5, 0.6) is 0 Å². The van der Waals surface area contributed by atoms with E-state index in [1.54, 1.807) is 7.05 Å². The Labute approximate surface area is 115 Å². The fraction of sp³-hybridized carbons (Fsp3) is 0.533. The van der Waals surface area contributed by atoms with Gasteiger partial charge in [0.25, 0.3) is 0 Å². The summed E-state index contributed by atoms with van der Waals surface area (Å²) in [4.78, 5) is 13.7. The molecule has 1 aliphatic rings. The Morgan fingerprint density at radius 2 is 2.11 bits per heavy atom. The lowest BCUT2D eigenvalue weighted by atomic mass is 10.1. The lowest BCUT2D eigenvalue weighted by Gasteiger charge is -2.25. The van der Waals surface area contributed by atoms with Crippen molar-refractivity contribution in [2.24, 2.45) is 0 Å². The van der Waals surface area contributed by atoms with E-state index in [-0.39, 0.29) is 5.91 Å². The number of hydrogen-bond acceptors (Lipinski definition) is 3. The van der Waals surface area contributed by atoms with Gasteiger partial charge in [-0.25, -0.2) is 0 Å². The van der Waals surface area contributed by atoms with Gasteiger partial charge in [0.1, 0.15) is 0 Å². The minimum absolute atomic E-state index is 0.0480. The molecule has 0 atom stereocenters. The first-order chi connectivity index (χ1) is 9.24. The zero-order valence-corrected chi connectivity index (χ0v) is 11.8. The number of para-hydroxylation sites is 1. The van der Waals surface area contributed by atoms with E-state index >= 15 is 0 Å². The highest BCUT2D eigenvalue weighted by Crippen LogP contribution is 2.23. The van der Waals surface area contributed by atoms with Gasteiger partial charge in [-0.1, -0.05) is 18.2 Å². The van der Waals surface area contributed by atoms with Gasteiger partial charge in [-0.2, -0.15) is 0 Å². The summed E-state index contributed by atoms with van der Waals surface area (Å²) in [5.74, 6) is 0.0480. The number of amides is 1. The highest BCUT2D eigenvalue weighted by atomic mass is 16.1. The summed E-state index contributed by atoms with van der Waals surface area (Å²) in [5, 5.41) is 6.22. The number of carbonyl (C=O) groups is 1. The summed E-state index contributed by atoms with van der Waals surface area (Å²) < 4.78 is 0. The fourth-order valence-electron chi connectivity index (χ4n) is 2.13. The van der Waals surface area contributed by atoms with E-state index in [2.05, 4.69) is 40.7 Å². The number of nitrogens with zero attached hydrogens (tertiary/aromatic N) is 1. The zero-order chi connectivity index (χ0) is 13.7. The molecule has 2 N–H and O–H groups in total. The summed E-state index contributed by atoms with van der Waals surface area (Å²) in [7, 11) is 1.68. The van der Waals surface area contributed by atoms with Gasteiger partial charge in [0, 0.05) is 31.9 Å². The van der Waals surface area contributed by atoms with Crippen LogP contribution in [0.4, 0.5) is 5.69 Å². The quantitative estimate of drug-likeness (QED) is 0.782. The third kappa shape index (κ3) is 3.96. The van der Waals surface area contributed by atoms with Crippen LogP contribution in [0.15, 0.2) is 24.3 Å². The number of hydrogen-bond donors (Lipinski definition) is 2. The van der Waals surface area contributed by atoms with E-state index in [1.807, 2.05) is 6.07 Å².